The number of carboxylic acid groups (broad SMARTS) is 1. The second kappa shape index (κ2) is 5.36. The van der Waals surface area contributed by atoms with Crippen molar-refractivity contribution in [3.63, 3.8) is 0 Å². The first-order valence-electron chi connectivity index (χ1n) is 6.77. The number of rotatable bonds is 4. The Morgan fingerprint density at radius 2 is 1.81 bits per heavy atom. The zero-order valence-electron chi connectivity index (χ0n) is 11.7. The monoisotopic (exact) mass is 281 g/mol. The van der Waals surface area contributed by atoms with E-state index >= 15 is 0 Å². The molecule has 0 fully saturated rings. The van der Waals surface area contributed by atoms with Crippen molar-refractivity contribution in [2.45, 2.75) is 19.8 Å². The molecular weight excluding hydrogens is 266 g/mol. The van der Waals surface area contributed by atoms with Gasteiger partial charge in [0.1, 0.15) is 11.0 Å². The van der Waals surface area contributed by atoms with Gasteiger partial charge in [-0.3, -0.25) is 4.79 Å². The first-order chi connectivity index (χ1) is 10.1. The van der Waals surface area contributed by atoms with Crippen LogP contribution in [-0.4, -0.2) is 26.1 Å². The molecule has 0 aliphatic carbocycles. The largest absolute Gasteiger partial charge is 0.481 e. The first-order valence-corrected chi connectivity index (χ1v) is 6.77. The highest BCUT2D eigenvalue weighted by atomic mass is 16.4. The zero-order chi connectivity index (χ0) is 14.8. The van der Waals surface area contributed by atoms with Crippen molar-refractivity contribution in [2.24, 2.45) is 0 Å². The summed E-state index contributed by atoms with van der Waals surface area (Å²) >= 11 is 0. The molecule has 0 unspecified atom stereocenters. The number of carboxylic acids is 1. The van der Waals surface area contributed by atoms with Gasteiger partial charge >= 0.3 is 5.97 Å². The number of aromatic nitrogens is 3. The van der Waals surface area contributed by atoms with Gasteiger partial charge in [-0.1, -0.05) is 24.3 Å². The summed E-state index contributed by atoms with van der Waals surface area (Å²) in [7, 11) is 0. The highest BCUT2D eigenvalue weighted by Crippen LogP contribution is 2.18. The Hall–Kier alpha value is -2.69. The summed E-state index contributed by atoms with van der Waals surface area (Å²) in [6.45, 7) is 1.99. The van der Waals surface area contributed by atoms with E-state index in [1.165, 1.54) is 0 Å². The van der Waals surface area contributed by atoms with Crippen LogP contribution in [0.2, 0.25) is 0 Å². The standard InChI is InChI=1S/C16H15N3O2/c1-11-6-7-12(8-9-16(20)21)10-15(11)19-17-13-4-2-3-5-14(13)18-19/h2-7,10H,8-9H2,1H3,(H,20,21). The van der Waals surface area contributed by atoms with Crippen molar-refractivity contribution < 1.29 is 9.90 Å². The summed E-state index contributed by atoms with van der Waals surface area (Å²) in [4.78, 5) is 12.3. The maximum Gasteiger partial charge on any atom is 0.303 e. The lowest BCUT2D eigenvalue weighted by Crippen LogP contribution is -2.03. The van der Waals surface area contributed by atoms with Crippen molar-refractivity contribution in [3.05, 3.63) is 53.6 Å². The predicted octanol–water partition coefficient (Wildman–Crippen LogP) is 2.75. The summed E-state index contributed by atoms with van der Waals surface area (Å²) in [5.74, 6) is -0.792. The number of nitrogens with zero attached hydrogens (tertiary/aromatic N) is 3. The van der Waals surface area contributed by atoms with E-state index in [1.54, 1.807) is 4.80 Å². The average Bonchev–Trinajstić information content (AvgIpc) is 2.90. The van der Waals surface area contributed by atoms with E-state index in [0.717, 1.165) is 27.8 Å². The van der Waals surface area contributed by atoms with Crippen molar-refractivity contribution in [1.29, 1.82) is 0 Å². The Kier molecular flexibility index (Phi) is 3.39. The quantitative estimate of drug-likeness (QED) is 0.798. The van der Waals surface area contributed by atoms with Gasteiger partial charge < -0.3 is 5.11 Å². The Morgan fingerprint density at radius 3 is 2.43 bits per heavy atom. The van der Waals surface area contributed by atoms with E-state index in [-0.39, 0.29) is 6.42 Å². The molecule has 106 valence electrons. The molecule has 0 saturated heterocycles. The van der Waals surface area contributed by atoms with E-state index in [0.29, 0.717) is 6.42 Å². The van der Waals surface area contributed by atoms with Gasteiger partial charge in [-0.25, -0.2) is 0 Å². The molecule has 2 aromatic carbocycles. The molecule has 3 aromatic rings. The zero-order valence-corrected chi connectivity index (χ0v) is 11.7. The molecule has 3 rings (SSSR count). The fourth-order valence-corrected chi connectivity index (χ4v) is 2.24. The van der Waals surface area contributed by atoms with Gasteiger partial charge in [0.05, 0.1) is 5.69 Å². The third-order valence-electron chi connectivity index (χ3n) is 3.40. The molecule has 0 spiro atoms. The fraction of sp³-hybridized carbons (Fsp3) is 0.188. The van der Waals surface area contributed by atoms with Crippen molar-refractivity contribution in [3.8, 4) is 5.69 Å². The van der Waals surface area contributed by atoms with E-state index in [4.69, 9.17) is 5.11 Å². The summed E-state index contributed by atoms with van der Waals surface area (Å²) in [5, 5.41) is 17.7. The molecule has 5 nitrogen and oxygen atoms in total. The van der Waals surface area contributed by atoms with Crippen LogP contribution < -0.4 is 0 Å². The van der Waals surface area contributed by atoms with Crippen LogP contribution in [0.4, 0.5) is 0 Å². The highest BCUT2D eigenvalue weighted by molar-refractivity contribution is 5.73. The molecular formula is C16H15N3O2. The lowest BCUT2D eigenvalue weighted by atomic mass is 10.1. The summed E-state index contributed by atoms with van der Waals surface area (Å²) in [6, 6.07) is 13.6. The second-order valence-corrected chi connectivity index (χ2v) is 4.99. The Bertz CT molecular complexity index is 775. The van der Waals surface area contributed by atoms with Crippen LogP contribution in [0.25, 0.3) is 16.7 Å². The van der Waals surface area contributed by atoms with Gasteiger partial charge in [0.15, 0.2) is 0 Å². The number of hydrogen-bond donors (Lipinski definition) is 1. The van der Waals surface area contributed by atoms with E-state index in [1.807, 2.05) is 49.4 Å². The van der Waals surface area contributed by atoms with Crippen LogP contribution in [0.3, 0.4) is 0 Å². The lowest BCUT2D eigenvalue weighted by molar-refractivity contribution is -0.136. The molecule has 1 heterocycles. The molecule has 0 atom stereocenters. The van der Waals surface area contributed by atoms with Crippen LogP contribution >= 0.6 is 0 Å². The lowest BCUT2D eigenvalue weighted by Gasteiger charge is -2.07. The van der Waals surface area contributed by atoms with Crippen LogP contribution in [-0.2, 0) is 11.2 Å². The molecule has 0 aliphatic heterocycles. The number of benzene rings is 2. The van der Waals surface area contributed by atoms with Gasteiger partial charge in [-0.15, -0.1) is 10.2 Å². The van der Waals surface area contributed by atoms with Crippen molar-refractivity contribution in [2.75, 3.05) is 0 Å². The smallest absolute Gasteiger partial charge is 0.303 e. The number of aryl methyl sites for hydroxylation is 2. The molecule has 0 amide bonds. The normalized spacial score (nSPS) is 10.9. The second-order valence-electron chi connectivity index (χ2n) is 4.99. The Morgan fingerprint density at radius 1 is 1.14 bits per heavy atom. The SMILES string of the molecule is Cc1ccc(CCC(=O)O)cc1-n1nc2ccccc2n1. The third-order valence-corrected chi connectivity index (χ3v) is 3.40. The summed E-state index contributed by atoms with van der Waals surface area (Å²) in [6.07, 6.45) is 0.625. The predicted molar refractivity (Wildman–Crippen MR) is 79.6 cm³/mol. The summed E-state index contributed by atoms with van der Waals surface area (Å²) < 4.78 is 0. The average molecular weight is 281 g/mol. The van der Waals surface area contributed by atoms with E-state index in [2.05, 4.69) is 10.2 Å². The van der Waals surface area contributed by atoms with Gasteiger partial charge in [0.25, 0.3) is 0 Å². The third kappa shape index (κ3) is 2.76. The molecule has 21 heavy (non-hydrogen) atoms. The Balaban J connectivity index is 2.00. The minimum atomic E-state index is -0.792. The molecule has 1 N–H and O–H groups in total. The first kappa shape index (κ1) is 13.3. The fourth-order valence-electron chi connectivity index (χ4n) is 2.24. The number of hydrogen-bond acceptors (Lipinski definition) is 3. The van der Waals surface area contributed by atoms with Gasteiger partial charge in [-0.05, 0) is 42.7 Å². The number of aliphatic carboxylic acids is 1. The maximum atomic E-state index is 10.7. The maximum absolute atomic E-state index is 10.7. The molecule has 1 aromatic heterocycles. The van der Waals surface area contributed by atoms with Crippen molar-refractivity contribution >= 4 is 17.0 Å². The highest BCUT2D eigenvalue weighted by Gasteiger charge is 2.08. The van der Waals surface area contributed by atoms with Gasteiger partial charge in [0, 0.05) is 6.42 Å². The molecule has 0 aliphatic rings. The van der Waals surface area contributed by atoms with Gasteiger partial charge in [-0.2, -0.15) is 4.80 Å². The van der Waals surface area contributed by atoms with Crippen LogP contribution in [0, 0.1) is 6.92 Å². The van der Waals surface area contributed by atoms with Gasteiger partial charge in [0.2, 0.25) is 0 Å². The number of carbonyl (C=O) groups is 1. The molecule has 0 radical (unpaired) electrons. The van der Waals surface area contributed by atoms with E-state index in [9.17, 15) is 4.79 Å². The molecule has 5 heteroatoms. The van der Waals surface area contributed by atoms with E-state index < -0.39 is 5.97 Å². The van der Waals surface area contributed by atoms with Crippen LogP contribution in [0.15, 0.2) is 42.5 Å². The molecule has 0 bridgehead atoms. The number of fused-ring (bicyclic) bond motifs is 1. The minimum Gasteiger partial charge on any atom is -0.481 e. The summed E-state index contributed by atoms with van der Waals surface area (Å²) in [5.41, 5.74) is 4.59. The Labute approximate surface area is 121 Å². The van der Waals surface area contributed by atoms with Crippen LogP contribution in [0.1, 0.15) is 17.5 Å². The topological polar surface area (TPSA) is 68.0 Å². The molecule has 0 saturated carbocycles. The van der Waals surface area contributed by atoms with Crippen LogP contribution in [0.5, 0.6) is 0 Å². The minimum absolute atomic E-state index is 0.122. The van der Waals surface area contributed by atoms with Crippen molar-refractivity contribution in [1.82, 2.24) is 15.0 Å².